The van der Waals surface area contributed by atoms with E-state index in [0.717, 1.165) is 0 Å². The van der Waals surface area contributed by atoms with E-state index in [-0.39, 0.29) is 5.91 Å². The summed E-state index contributed by atoms with van der Waals surface area (Å²) in [5, 5.41) is 3.52. The number of hydrogen-bond donors (Lipinski definition) is 2. The second-order valence-corrected chi connectivity index (χ2v) is 5.85. The van der Waals surface area contributed by atoms with Gasteiger partial charge in [-0.3, -0.25) is 4.79 Å². The minimum Gasteiger partial charge on any atom is -0.369 e. The first-order valence-electron chi connectivity index (χ1n) is 6.59. The number of amides is 1. The van der Waals surface area contributed by atoms with E-state index < -0.39 is 5.41 Å². The zero-order valence-corrected chi connectivity index (χ0v) is 11.1. The molecule has 1 unspecified atom stereocenters. The van der Waals surface area contributed by atoms with Gasteiger partial charge in [0.15, 0.2) is 0 Å². The fourth-order valence-corrected chi connectivity index (χ4v) is 2.10. The van der Waals surface area contributed by atoms with E-state index in [2.05, 4.69) is 29.6 Å². The van der Waals surface area contributed by atoms with Crippen LogP contribution >= 0.6 is 0 Å². The lowest BCUT2D eigenvalue weighted by Crippen LogP contribution is -2.42. The third kappa shape index (κ3) is 3.10. The van der Waals surface area contributed by atoms with Gasteiger partial charge >= 0.3 is 0 Å². The summed E-state index contributed by atoms with van der Waals surface area (Å²) in [6.07, 6.45) is 2.53. The Labute approximate surface area is 109 Å². The van der Waals surface area contributed by atoms with Crippen molar-refractivity contribution in [1.82, 2.24) is 5.32 Å². The maximum absolute atomic E-state index is 11.3. The van der Waals surface area contributed by atoms with Crippen LogP contribution in [0.4, 0.5) is 0 Å². The Bertz CT molecular complexity index is 410. The second-order valence-electron chi connectivity index (χ2n) is 5.85. The smallest absolute Gasteiger partial charge is 0.224 e. The molecule has 3 N–H and O–H groups in total. The SMILES string of the molecule is CC(C)(CNC(c1ccccc1)C1CC1)C(N)=O. The van der Waals surface area contributed by atoms with E-state index in [4.69, 9.17) is 5.73 Å². The van der Waals surface area contributed by atoms with Gasteiger partial charge in [0.1, 0.15) is 0 Å². The molecule has 1 aliphatic carbocycles. The van der Waals surface area contributed by atoms with Gasteiger partial charge in [0.05, 0.1) is 5.41 Å². The molecule has 3 nitrogen and oxygen atoms in total. The molecule has 1 atom stereocenters. The number of hydrogen-bond acceptors (Lipinski definition) is 2. The Hall–Kier alpha value is -1.35. The molecule has 0 spiro atoms. The molecule has 2 rings (SSSR count). The van der Waals surface area contributed by atoms with Gasteiger partial charge in [0.25, 0.3) is 0 Å². The largest absolute Gasteiger partial charge is 0.369 e. The van der Waals surface area contributed by atoms with E-state index in [1.54, 1.807) is 0 Å². The molecule has 1 aliphatic rings. The topological polar surface area (TPSA) is 55.1 Å². The highest BCUT2D eigenvalue weighted by molar-refractivity contribution is 5.80. The number of carbonyl (C=O) groups excluding carboxylic acids is 1. The fraction of sp³-hybridized carbons (Fsp3) is 0.533. The van der Waals surface area contributed by atoms with Gasteiger partial charge in [-0.2, -0.15) is 0 Å². The van der Waals surface area contributed by atoms with Gasteiger partial charge in [0.2, 0.25) is 5.91 Å². The van der Waals surface area contributed by atoms with Crippen LogP contribution in [0.5, 0.6) is 0 Å². The van der Waals surface area contributed by atoms with Crippen LogP contribution in [-0.4, -0.2) is 12.5 Å². The number of nitrogens with one attached hydrogen (secondary N) is 1. The normalized spacial score (nSPS) is 17.4. The average Bonchev–Trinajstić information content (AvgIpc) is 3.15. The van der Waals surface area contributed by atoms with Crippen LogP contribution in [0.15, 0.2) is 30.3 Å². The lowest BCUT2D eigenvalue weighted by Gasteiger charge is -2.26. The summed E-state index contributed by atoms with van der Waals surface area (Å²) in [4.78, 5) is 11.3. The number of primary amides is 1. The molecule has 1 aromatic rings. The summed E-state index contributed by atoms with van der Waals surface area (Å²) in [5.74, 6) is 0.452. The first-order valence-corrected chi connectivity index (χ1v) is 6.59. The maximum atomic E-state index is 11.3. The molecule has 0 heterocycles. The summed E-state index contributed by atoms with van der Waals surface area (Å²) < 4.78 is 0. The summed E-state index contributed by atoms with van der Waals surface area (Å²) in [5.41, 5.74) is 6.22. The molecule has 0 saturated heterocycles. The van der Waals surface area contributed by atoms with Gasteiger partial charge in [-0.1, -0.05) is 30.3 Å². The molecule has 0 aliphatic heterocycles. The van der Waals surface area contributed by atoms with E-state index >= 15 is 0 Å². The molecule has 1 fully saturated rings. The first-order chi connectivity index (χ1) is 8.50. The molecule has 1 aromatic carbocycles. The predicted octanol–water partition coefficient (Wildman–Crippen LogP) is 2.24. The number of nitrogens with two attached hydrogens (primary N) is 1. The summed E-state index contributed by atoms with van der Waals surface area (Å²) in [6, 6.07) is 10.8. The van der Waals surface area contributed by atoms with Gasteiger partial charge in [0, 0.05) is 12.6 Å². The zero-order chi connectivity index (χ0) is 13.2. The quantitative estimate of drug-likeness (QED) is 0.808. The van der Waals surface area contributed by atoms with Gasteiger partial charge in [-0.25, -0.2) is 0 Å². The van der Waals surface area contributed by atoms with Crippen molar-refractivity contribution in [2.75, 3.05) is 6.54 Å². The molecule has 18 heavy (non-hydrogen) atoms. The lowest BCUT2D eigenvalue weighted by atomic mass is 9.91. The molecule has 3 heteroatoms. The van der Waals surface area contributed by atoms with Gasteiger partial charge in [-0.05, 0) is 38.2 Å². The van der Waals surface area contributed by atoms with E-state index in [0.29, 0.717) is 18.5 Å². The van der Waals surface area contributed by atoms with E-state index in [9.17, 15) is 4.79 Å². The lowest BCUT2D eigenvalue weighted by molar-refractivity contribution is -0.125. The zero-order valence-electron chi connectivity index (χ0n) is 11.1. The van der Waals surface area contributed by atoms with Crippen molar-refractivity contribution in [3.63, 3.8) is 0 Å². The van der Waals surface area contributed by atoms with Gasteiger partial charge < -0.3 is 11.1 Å². The molecule has 0 bridgehead atoms. The van der Waals surface area contributed by atoms with Crippen molar-refractivity contribution in [3.05, 3.63) is 35.9 Å². The van der Waals surface area contributed by atoms with Crippen molar-refractivity contribution in [2.45, 2.75) is 32.7 Å². The van der Waals surface area contributed by atoms with Crippen LogP contribution in [0.25, 0.3) is 0 Å². The molecular formula is C15H22N2O. The number of benzene rings is 1. The highest BCUT2D eigenvalue weighted by atomic mass is 16.1. The minimum absolute atomic E-state index is 0.252. The van der Waals surface area contributed by atoms with Crippen LogP contribution in [0.2, 0.25) is 0 Å². The van der Waals surface area contributed by atoms with Crippen LogP contribution in [0, 0.1) is 11.3 Å². The molecular weight excluding hydrogens is 224 g/mol. The van der Waals surface area contributed by atoms with Crippen LogP contribution in [-0.2, 0) is 4.79 Å². The third-order valence-corrected chi connectivity index (χ3v) is 3.68. The van der Waals surface area contributed by atoms with E-state index in [1.165, 1.54) is 18.4 Å². The minimum atomic E-state index is -0.498. The predicted molar refractivity (Wildman–Crippen MR) is 72.9 cm³/mol. The van der Waals surface area contributed by atoms with Crippen molar-refractivity contribution in [3.8, 4) is 0 Å². The van der Waals surface area contributed by atoms with Crippen molar-refractivity contribution in [1.29, 1.82) is 0 Å². The molecule has 0 aromatic heterocycles. The first kappa shape index (κ1) is 13.1. The summed E-state index contributed by atoms with van der Waals surface area (Å²) in [7, 11) is 0. The molecule has 98 valence electrons. The fourth-order valence-electron chi connectivity index (χ4n) is 2.10. The number of carbonyl (C=O) groups is 1. The Balaban J connectivity index is 2.02. The van der Waals surface area contributed by atoms with Crippen LogP contribution in [0.3, 0.4) is 0 Å². The van der Waals surface area contributed by atoms with Crippen molar-refractivity contribution >= 4 is 5.91 Å². The molecule has 1 saturated carbocycles. The highest BCUT2D eigenvalue weighted by Gasteiger charge is 2.34. The monoisotopic (exact) mass is 246 g/mol. The van der Waals surface area contributed by atoms with Gasteiger partial charge in [-0.15, -0.1) is 0 Å². The molecule has 0 radical (unpaired) electrons. The van der Waals surface area contributed by atoms with Crippen molar-refractivity contribution in [2.24, 2.45) is 17.1 Å². The summed E-state index contributed by atoms with van der Waals surface area (Å²) in [6.45, 7) is 4.40. The standard InChI is InChI=1S/C15H22N2O/c1-15(2,14(16)18)10-17-13(12-8-9-12)11-6-4-3-5-7-11/h3-7,12-13,17H,8-10H2,1-2H3,(H2,16,18). The second kappa shape index (κ2) is 5.11. The van der Waals surface area contributed by atoms with Crippen molar-refractivity contribution < 1.29 is 4.79 Å². The Kier molecular flexibility index (Phi) is 3.71. The third-order valence-electron chi connectivity index (χ3n) is 3.68. The Morgan fingerprint density at radius 1 is 1.39 bits per heavy atom. The van der Waals surface area contributed by atoms with Crippen LogP contribution < -0.4 is 11.1 Å². The number of rotatable bonds is 6. The molecule has 1 amide bonds. The maximum Gasteiger partial charge on any atom is 0.224 e. The Morgan fingerprint density at radius 3 is 2.50 bits per heavy atom. The summed E-state index contributed by atoms with van der Waals surface area (Å²) >= 11 is 0. The highest BCUT2D eigenvalue weighted by Crippen LogP contribution is 2.41. The van der Waals surface area contributed by atoms with Crippen LogP contribution in [0.1, 0.15) is 38.3 Å². The average molecular weight is 246 g/mol. The Morgan fingerprint density at radius 2 is 2.00 bits per heavy atom. The van der Waals surface area contributed by atoms with E-state index in [1.807, 2.05) is 19.9 Å².